The number of benzene rings is 2. The number of rotatable bonds is 8. The minimum atomic E-state index is -1.07. The average molecular weight is 421 g/mol. The molecule has 160 valence electrons. The molecule has 8 nitrogen and oxygen atoms in total. The van der Waals surface area contributed by atoms with Gasteiger partial charge in [-0.1, -0.05) is 12.1 Å². The van der Waals surface area contributed by atoms with E-state index in [0.717, 1.165) is 5.56 Å². The number of ether oxygens (including phenoxy) is 2. The maximum absolute atomic E-state index is 12.2. The molecule has 0 spiro atoms. The molecule has 2 atom stereocenters. The van der Waals surface area contributed by atoms with Crippen molar-refractivity contribution in [1.29, 1.82) is 5.26 Å². The topological polar surface area (TPSA) is 118 Å². The van der Waals surface area contributed by atoms with E-state index in [1.807, 2.05) is 6.07 Å². The highest BCUT2D eigenvalue weighted by molar-refractivity contribution is 5.97. The number of nitrogens with one attached hydrogen (secondary N) is 2. The highest BCUT2D eigenvalue weighted by atomic mass is 16.5. The molecule has 31 heavy (non-hydrogen) atoms. The van der Waals surface area contributed by atoms with Crippen molar-refractivity contribution in [3.63, 3.8) is 0 Å². The lowest BCUT2D eigenvalue weighted by Gasteiger charge is -2.17. The summed E-state index contributed by atoms with van der Waals surface area (Å²) in [7, 11) is 1.57. The van der Waals surface area contributed by atoms with Gasteiger partial charge < -0.3 is 20.1 Å². The van der Waals surface area contributed by atoms with Crippen molar-refractivity contribution in [2.45, 2.75) is 26.0 Å². The van der Waals surface area contributed by atoms with Gasteiger partial charge in [0.05, 0.1) is 18.7 Å². The first-order valence-corrected chi connectivity index (χ1v) is 9.46. The maximum atomic E-state index is 12.2. The molecule has 0 saturated heterocycles. The van der Waals surface area contributed by atoms with Crippen LogP contribution in [0.15, 0.2) is 54.6 Å². The maximum Gasteiger partial charge on any atom is 0.329 e. The van der Waals surface area contributed by atoms with Gasteiger partial charge in [0.1, 0.15) is 11.8 Å². The number of methoxy groups -OCH3 is 1. The summed E-state index contributed by atoms with van der Waals surface area (Å²) in [4.78, 5) is 36.4. The quantitative estimate of drug-likeness (QED) is 0.500. The fourth-order valence-corrected chi connectivity index (χ4v) is 2.41. The van der Waals surface area contributed by atoms with Crippen LogP contribution in [0.5, 0.6) is 5.75 Å². The first-order chi connectivity index (χ1) is 14.8. The van der Waals surface area contributed by atoms with E-state index in [0.29, 0.717) is 17.0 Å². The van der Waals surface area contributed by atoms with Crippen molar-refractivity contribution in [1.82, 2.24) is 5.32 Å². The summed E-state index contributed by atoms with van der Waals surface area (Å²) in [5.41, 5.74) is 1.72. The first kappa shape index (κ1) is 23.2. The molecule has 0 heterocycles. The second kappa shape index (κ2) is 11.2. The van der Waals surface area contributed by atoms with E-state index < -0.39 is 29.9 Å². The van der Waals surface area contributed by atoms with Gasteiger partial charge in [-0.05, 0) is 61.9 Å². The van der Waals surface area contributed by atoms with Gasteiger partial charge in [-0.15, -0.1) is 0 Å². The number of nitriles is 1. The van der Waals surface area contributed by atoms with Crippen LogP contribution in [-0.2, 0) is 19.1 Å². The number of amides is 2. The Kier molecular flexibility index (Phi) is 8.34. The first-order valence-electron chi connectivity index (χ1n) is 9.46. The van der Waals surface area contributed by atoms with E-state index in [1.54, 1.807) is 61.7 Å². The van der Waals surface area contributed by atoms with E-state index in [4.69, 9.17) is 14.7 Å². The van der Waals surface area contributed by atoms with Crippen LogP contribution < -0.4 is 15.4 Å². The van der Waals surface area contributed by atoms with Gasteiger partial charge in [0.25, 0.3) is 5.91 Å². The molecule has 0 aliphatic heterocycles. The lowest BCUT2D eigenvalue weighted by Crippen LogP contribution is -2.41. The second-order valence-corrected chi connectivity index (χ2v) is 6.59. The predicted octanol–water partition coefficient (Wildman–Crippen LogP) is 2.66. The van der Waals surface area contributed by atoms with E-state index in [-0.39, 0.29) is 0 Å². The summed E-state index contributed by atoms with van der Waals surface area (Å²) < 4.78 is 10.2. The van der Waals surface area contributed by atoms with Gasteiger partial charge in [-0.25, -0.2) is 4.79 Å². The third-order valence-corrected chi connectivity index (χ3v) is 4.20. The molecule has 0 fully saturated rings. The Bertz CT molecular complexity index is 991. The zero-order valence-electron chi connectivity index (χ0n) is 17.4. The molecular formula is C23H23N3O5. The highest BCUT2D eigenvalue weighted by Gasteiger charge is 2.22. The lowest BCUT2D eigenvalue weighted by atomic mass is 10.2. The molecule has 0 unspecified atom stereocenters. The fourth-order valence-electron chi connectivity index (χ4n) is 2.41. The average Bonchev–Trinajstić information content (AvgIpc) is 2.78. The Morgan fingerprint density at radius 1 is 1.03 bits per heavy atom. The van der Waals surface area contributed by atoms with Crippen LogP contribution in [0.1, 0.15) is 25.0 Å². The van der Waals surface area contributed by atoms with E-state index in [9.17, 15) is 14.4 Å². The molecule has 0 aromatic heterocycles. The third kappa shape index (κ3) is 7.33. The molecule has 0 aliphatic carbocycles. The van der Waals surface area contributed by atoms with Crippen LogP contribution in [-0.4, -0.2) is 37.0 Å². The lowest BCUT2D eigenvalue weighted by molar-refractivity contribution is -0.155. The number of nitrogens with zero attached hydrogens (tertiary/aromatic N) is 1. The minimum Gasteiger partial charge on any atom is -0.497 e. The van der Waals surface area contributed by atoms with Crippen LogP contribution in [0.25, 0.3) is 6.08 Å². The zero-order chi connectivity index (χ0) is 22.8. The molecule has 2 amide bonds. The van der Waals surface area contributed by atoms with Crippen LogP contribution in [0.2, 0.25) is 0 Å². The minimum absolute atomic E-state index is 0.461. The van der Waals surface area contributed by atoms with Crippen LogP contribution in [0.3, 0.4) is 0 Å². The van der Waals surface area contributed by atoms with Gasteiger partial charge in [-0.3, -0.25) is 9.59 Å². The molecule has 2 rings (SSSR count). The van der Waals surface area contributed by atoms with Gasteiger partial charge in [0.2, 0.25) is 5.91 Å². The highest BCUT2D eigenvalue weighted by Crippen LogP contribution is 2.12. The van der Waals surface area contributed by atoms with Gasteiger partial charge in [-0.2, -0.15) is 5.26 Å². The molecule has 2 aromatic carbocycles. The summed E-state index contributed by atoms with van der Waals surface area (Å²) in [5, 5.41) is 13.9. The number of esters is 1. The van der Waals surface area contributed by atoms with Gasteiger partial charge in [0, 0.05) is 11.8 Å². The van der Waals surface area contributed by atoms with Crippen molar-refractivity contribution >= 4 is 29.5 Å². The number of carbonyl (C=O) groups is 3. The van der Waals surface area contributed by atoms with E-state index in [2.05, 4.69) is 10.6 Å². The molecule has 2 aromatic rings. The van der Waals surface area contributed by atoms with Gasteiger partial charge >= 0.3 is 5.97 Å². The number of carbonyl (C=O) groups excluding carboxylic acids is 3. The Morgan fingerprint density at radius 2 is 1.68 bits per heavy atom. The Labute approximate surface area is 180 Å². The van der Waals surface area contributed by atoms with Crippen molar-refractivity contribution < 1.29 is 23.9 Å². The van der Waals surface area contributed by atoms with Crippen molar-refractivity contribution in [2.24, 2.45) is 0 Å². The third-order valence-electron chi connectivity index (χ3n) is 4.20. The molecule has 8 heteroatoms. The zero-order valence-corrected chi connectivity index (χ0v) is 17.4. The SMILES string of the molecule is COc1ccc(/C=C/C(=O)N[C@@H](C)C(=O)O[C@@H](C)C(=O)Nc2ccc(C#N)cc2)cc1. The Morgan fingerprint density at radius 3 is 2.26 bits per heavy atom. The Balaban J connectivity index is 1.82. The van der Waals surface area contributed by atoms with Crippen molar-refractivity contribution in [3.05, 3.63) is 65.7 Å². The van der Waals surface area contributed by atoms with Crippen LogP contribution >= 0.6 is 0 Å². The summed E-state index contributed by atoms with van der Waals surface area (Å²) in [6, 6.07) is 14.4. The number of hydrogen-bond donors (Lipinski definition) is 2. The normalized spacial score (nSPS) is 12.3. The molecule has 0 aliphatic rings. The largest absolute Gasteiger partial charge is 0.497 e. The van der Waals surface area contributed by atoms with Crippen LogP contribution in [0.4, 0.5) is 5.69 Å². The monoisotopic (exact) mass is 421 g/mol. The Hall–Kier alpha value is -4.12. The van der Waals surface area contributed by atoms with E-state index >= 15 is 0 Å². The van der Waals surface area contributed by atoms with Crippen molar-refractivity contribution in [2.75, 3.05) is 12.4 Å². The van der Waals surface area contributed by atoms with Crippen molar-refractivity contribution in [3.8, 4) is 11.8 Å². The smallest absolute Gasteiger partial charge is 0.329 e. The molecule has 0 saturated carbocycles. The molecular weight excluding hydrogens is 398 g/mol. The molecule has 2 N–H and O–H groups in total. The predicted molar refractivity (Wildman–Crippen MR) is 115 cm³/mol. The summed E-state index contributed by atoms with van der Waals surface area (Å²) in [6.45, 7) is 2.89. The number of anilines is 1. The standard InChI is InChI=1S/C23H23N3O5/c1-15(25-21(27)13-8-17-6-11-20(30-3)12-7-17)23(29)31-16(2)22(28)26-19-9-4-18(14-24)5-10-19/h4-13,15-16H,1-3H3,(H,25,27)(H,26,28)/b13-8+/t15-,16-/m0/s1. The summed E-state index contributed by atoms with van der Waals surface area (Å²) in [5.74, 6) is -1.05. The van der Waals surface area contributed by atoms with Crippen LogP contribution in [0, 0.1) is 11.3 Å². The second-order valence-electron chi connectivity index (χ2n) is 6.59. The summed E-state index contributed by atoms with van der Waals surface area (Å²) >= 11 is 0. The fraction of sp³-hybridized carbons (Fsp3) is 0.217. The van der Waals surface area contributed by atoms with Gasteiger partial charge in [0.15, 0.2) is 6.10 Å². The molecule has 0 bridgehead atoms. The van der Waals surface area contributed by atoms with E-state index in [1.165, 1.54) is 19.9 Å². The summed E-state index contributed by atoms with van der Waals surface area (Å²) in [6.07, 6.45) is 1.82. The molecule has 0 radical (unpaired) electrons. The number of hydrogen-bond acceptors (Lipinski definition) is 6.